The molecule has 0 amide bonds. The first-order chi connectivity index (χ1) is 10.6. The van der Waals surface area contributed by atoms with Gasteiger partial charge in [-0.25, -0.2) is 0 Å². The Balaban J connectivity index is 3.29. The maximum atomic E-state index is 11.2. The van der Waals surface area contributed by atoms with Gasteiger partial charge in [0.05, 0.1) is 30.9 Å². The van der Waals surface area contributed by atoms with Crippen molar-refractivity contribution < 1.29 is 28.5 Å². The second-order valence-electron chi connectivity index (χ2n) is 4.03. The van der Waals surface area contributed by atoms with Crippen molar-refractivity contribution in [1.29, 1.82) is 0 Å². The number of halogens is 2. The molecule has 0 bridgehead atoms. The van der Waals surface area contributed by atoms with Crippen LogP contribution in [0.15, 0.2) is 0 Å². The third-order valence-corrected chi connectivity index (χ3v) is 3.53. The first kappa shape index (κ1) is 18.8. The van der Waals surface area contributed by atoms with E-state index in [2.05, 4.69) is 0 Å². The van der Waals surface area contributed by atoms with Gasteiger partial charge >= 0.3 is 0 Å². The summed E-state index contributed by atoms with van der Waals surface area (Å²) < 4.78 is 26.2. The Morgan fingerprint density at radius 2 is 1.36 bits per heavy atom. The molecule has 0 saturated heterocycles. The van der Waals surface area contributed by atoms with Gasteiger partial charge in [-0.15, -0.1) is 0 Å². The molecule has 6 nitrogen and oxygen atoms in total. The summed E-state index contributed by atoms with van der Waals surface area (Å²) in [7, 11) is 4.49. The Morgan fingerprint density at radius 1 is 0.818 bits per heavy atom. The molecule has 0 aliphatic carbocycles. The second kappa shape index (κ2) is 9.74. The van der Waals surface area contributed by atoms with E-state index < -0.39 is 0 Å². The van der Waals surface area contributed by atoms with Gasteiger partial charge in [0.1, 0.15) is 18.2 Å². The molecule has 0 aliphatic heterocycles. The zero-order chi connectivity index (χ0) is 16.5. The van der Waals surface area contributed by atoms with Crippen LogP contribution in [0.25, 0.3) is 0 Å². The van der Waals surface area contributed by atoms with Crippen molar-refractivity contribution in [1.82, 2.24) is 0 Å². The summed E-state index contributed by atoms with van der Waals surface area (Å²) in [6, 6.07) is 0. The number of hydrogen-bond acceptors (Lipinski definition) is 6. The fourth-order valence-electron chi connectivity index (χ4n) is 1.66. The van der Waals surface area contributed by atoms with E-state index in [1.165, 1.54) is 7.11 Å². The van der Waals surface area contributed by atoms with Crippen molar-refractivity contribution in [2.45, 2.75) is 0 Å². The van der Waals surface area contributed by atoms with Crippen LogP contribution in [0.1, 0.15) is 10.4 Å². The average molecular weight is 353 g/mol. The molecule has 1 aromatic carbocycles. The van der Waals surface area contributed by atoms with Gasteiger partial charge in [0, 0.05) is 14.2 Å². The highest BCUT2D eigenvalue weighted by molar-refractivity contribution is 6.44. The third-order valence-electron chi connectivity index (χ3n) is 2.68. The Morgan fingerprint density at radius 3 is 1.82 bits per heavy atom. The van der Waals surface area contributed by atoms with Crippen molar-refractivity contribution in [2.75, 3.05) is 47.8 Å². The highest BCUT2D eigenvalue weighted by atomic mass is 35.5. The fraction of sp³-hybridized carbons (Fsp3) is 0.500. The van der Waals surface area contributed by atoms with E-state index in [9.17, 15) is 4.79 Å². The minimum absolute atomic E-state index is 0.0417. The van der Waals surface area contributed by atoms with Crippen LogP contribution in [0.2, 0.25) is 10.0 Å². The molecule has 0 radical (unpaired) electrons. The zero-order valence-corrected chi connectivity index (χ0v) is 14.1. The molecule has 0 spiro atoms. The van der Waals surface area contributed by atoms with Crippen LogP contribution in [0.5, 0.6) is 17.2 Å². The van der Waals surface area contributed by atoms with Gasteiger partial charge in [0.15, 0.2) is 17.8 Å². The standard InChI is InChI=1S/C14H18Cl2O6/c1-18-4-6-21-13-11(16)10(15)9(8-17)12(20-3)14(13)22-7-5-19-2/h8H,4-7H2,1-3H3. The molecular weight excluding hydrogens is 335 g/mol. The summed E-state index contributed by atoms with van der Waals surface area (Å²) in [5, 5.41) is 0.119. The van der Waals surface area contributed by atoms with Gasteiger partial charge in [0.25, 0.3) is 0 Å². The number of rotatable bonds is 10. The number of aldehydes is 1. The summed E-state index contributed by atoms with van der Waals surface area (Å²) in [5.74, 6) is 0.558. The Bertz CT molecular complexity index is 507. The summed E-state index contributed by atoms with van der Waals surface area (Å²) in [6.07, 6.45) is 0.551. The van der Waals surface area contributed by atoms with Crippen molar-refractivity contribution in [3.05, 3.63) is 15.6 Å². The highest BCUT2D eigenvalue weighted by Crippen LogP contribution is 2.49. The van der Waals surface area contributed by atoms with Crippen molar-refractivity contribution in [2.24, 2.45) is 0 Å². The van der Waals surface area contributed by atoms with E-state index in [1.807, 2.05) is 0 Å². The van der Waals surface area contributed by atoms with Crippen molar-refractivity contribution >= 4 is 29.5 Å². The smallest absolute Gasteiger partial charge is 0.206 e. The molecule has 0 fully saturated rings. The summed E-state index contributed by atoms with van der Waals surface area (Å²) in [4.78, 5) is 11.2. The molecular formula is C14H18Cl2O6. The Kier molecular flexibility index (Phi) is 8.34. The van der Waals surface area contributed by atoms with Gasteiger partial charge in [-0.3, -0.25) is 4.79 Å². The molecule has 22 heavy (non-hydrogen) atoms. The lowest BCUT2D eigenvalue weighted by Gasteiger charge is -2.19. The topological polar surface area (TPSA) is 63.2 Å². The molecule has 0 aliphatic rings. The molecule has 0 N–H and O–H groups in total. The molecule has 0 heterocycles. The molecule has 0 aromatic heterocycles. The van der Waals surface area contributed by atoms with Crippen LogP contribution < -0.4 is 14.2 Å². The highest BCUT2D eigenvalue weighted by Gasteiger charge is 2.25. The molecule has 0 unspecified atom stereocenters. The first-order valence-corrected chi connectivity index (χ1v) is 7.15. The summed E-state index contributed by atoms with van der Waals surface area (Å²) in [5.41, 5.74) is 0.0978. The molecule has 8 heteroatoms. The second-order valence-corrected chi connectivity index (χ2v) is 4.79. The van der Waals surface area contributed by atoms with E-state index in [1.54, 1.807) is 14.2 Å². The largest absolute Gasteiger partial charge is 0.492 e. The van der Waals surface area contributed by atoms with Crippen LogP contribution in [0, 0.1) is 0 Å². The van der Waals surface area contributed by atoms with E-state index in [-0.39, 0.29) is 46.1 Å². The number of carbonyl (C=O) groups excluding carboxylic acids is 1. The van der Waals surface area contributed by atoms with E-state index in [4.69, 9.17) is 46.9 Å². The summed E-state index contributed by atoms with van der Waals surface area (Å²) in [6.45, 7) is 1.15. The van der Waals surface area contributed by atoms with Crippen molar-refractivity contribution in [3.8, 4) is 17.2 Å². The van der Waals surface area contributed by atoms with Gasteiger partial charge in [-0.05, 0) is 0 Å². The van der Waals surface area contributed by atoms with E-state index in [0.29, 0.717) is 19.5 Å². The van der Waals surface area contributed by atoms with Gasteiger partial charge in [-0.2, -0.15) is 0 Å². The lowest BCUT2D eigenvalue weighted by atomic mass is 10.2. The number of carbonyl (C=O) groups is 1. The Labute approximate surface area is 139 Å². The minimum Gasteiger partial charge on any atom is -0.492 e. The Hall–Kier alpha value is -1.21. The minimum atomic E-state index is 0.0417. The van der Waals surface area contributed by atoms with Crippen LogP contribution in [-0.4, -0.2) is 54.0 Å². The monoisotopic (exact) mass is 352 g/mol. The summed E-state index contributed by atoms with van der Waals surface area (Å²) >= 11 is 12.3. The van der Waals surface area contributed by atoms with Crippen LogP contribution in [0.3, 0.4) is 0 Å². The van der Waals surface area contributed by atoms with Gasteiger partial charge < -0.3 is 23.7 Å². The number of methoxy groups -OCH3 is 3. The molecule has 0 atom stereocenters. The van der Waals surface area contributed by atoms with Gasteiger partial charge in [-0.1, -0.05) is 23.2 Å². The van der Waals surface area contributed by atoms with Crippen molar-refractivity contribution in [3.63, 3.8) is 0 Å². The maximum absolute atomic E-state index is 11.2. The quantitative estimate of drug-likeness (QED) is 0.476. The molecule has 1 rings (SSSR count). The number of hydrogen-bond donors (Lipinski definition) is 0. The van der Waals surface area contributed by atoms with Crippen LogP contribution in [0.4, 0.5) is 0 Å². The normalized spacial score (nSPS) is 10.4. The van der Waals surface area contributed by atoms with E-state index >= 15 is 0 Å². The van der Waals surface area contributed by atoms with Crippen LogP contribution >= 0.6 is 23.2 Å². The lowest BCUT2D eigenvalue weighted by molar-refractivity contribution is 0.111. The SMILES string of the molecule is COCCOc1c(Cl)c(Cl)c(C=O)c(OC)c1OCCOC. The zero-order valence-electron chi connectivity index (χ0n) is 12.6. The third kappa shape index (κ3) is 4.39. The predicted octanol–water partition coefficient (Wildman–Crippen LogP) is 2.86. The number of benzene rings is 1. The average Bonchev–Trinajstić information content (AvgIpc) is 2.53. The fourth-order valence-corrected chi connectivity index (χ4v) is 2.12. The van der Waals surface area contributed by atoms with Gasteiger partial charge in [0.2, 0.25) is 5.75 Å². The first-order valence-electron chi connectivity index (χ1n) is 6.39. The molecule has 124 valence electrons. The van der Waals surface area contributed by atoms with E-state index in [0.717, 1.165) is 0 Å². The van der Waals surface area contributed by atoms with Crippen LogP contribution in [-0.2, 0) is 9.47 Å². The maximum Gasteiger partial charge on any atom is 0.206 e. The molecule has 1 aromatic rings. The predicted molar refractivity (Wildman–Crippen MR) is 83.1 cm³/mol. The lowest BCUT2D eigenvalue weighted by Crippen LogP contribution is -2.11. The number of ether oxygens (including phenoxy) is 5. The molecule has 0 saturated carbocycles.